The number of anilines is 1. The highest BCUT2D eigenvalue weighted by Gasteiger charge is 2.16. The Hall–Kier alpha value is -1.71. The number of nitrogens with two attached hydrogens (primary N) is 1. The molecule has 0 spiro atoms. The molecule has 0 radical (unpaired) electrons. The van der Waals surface area contributed by atoms with Gasteiger partial charge in [0.25, 0.3) is 0 Å². The highest BCUT2D eigenvalue weighted by atomic mass is 16.5. The van der Waals surface area contributed by atoms with Gasteiger partial charge in [-0.05, 0) is 31.4 Å². The van der Waals surface area contributed by atoms with Crippen LogP contribution in [0.4, 0.5) is 5.69 Å². The molecule has 0 unspecified atom stereocenters. The zero-order chi connectivity index (χ0) is 12.8. The number of benzene rings is 1. The Labute approximate surface area is 108 Å². The second-order valence-corrected chi connectivity index (χ2v) is 4.58. The van der Waals surface area contributed by atoms with Crippen molar-refractivity contribution in [2.45, 2.75) is 25.7 Å². The first-order valence-corrected chi connectivity index (χ1v) is 6.52. The molecule has 1 aliphatic heterocycles. The minimum Gasteiger partial charge on any atom is -0.491 e. The molecular weight excluding hydrogens is 228 g/mol. The molecule has 0 aliphatic carbocycles. The molecule has 1 saturated heterocycles. The molecule has 1 aromatic carbocycles. The summed E-state index contributed by atoms with van der Waals surface area (Å²) in [4.78, 5) is 13.7. The Morgan fingerprint density at radius 3 is 2.72 bits per heavy atom. The highest BCUT2D eigenvalue weighted by Crippen LogP contribution is 2.20. The van der Waals surface area contributed by atoms with Crippen LogP contribution in [-0.2, 0) is 4.79 Å². The molecule has 1 aromatic rings. The molecule has 4 heteroatoms. The van der Waals surface area contributed by atoms with Gasteiger partial charge in [-0.25, -0.2) is 0 Å². The smallest absolute Gasteiger partial charge is 0.222 e. The average Bonchev–Trinajstić information content (AvgIpc) is 2.90. The van der Waals surface area contributed by atoms with Crippen LogP contribution < -0.4 is 10.5 Å². The predicted molar refractivity (Wildman–Crippen MR) is 71.4 cm³/mol. The third-order valence-electron chi connectivity index (χ3n) is 3.17. The second-order valence-electron chi connectivity index (χ2n) is 4.58. The van der Waals surface area contributed by atoms with Gasteiger partial charge in [0.1, 0.15) is 5.75 Å². The molecule has 98 valence electrons. The molecule has 4 nitrogen and oxygen atoms in total. The molecule has 0 bridgehead atoms. The summed E-state index contributed by atoms with van der Waals surface area (Å²) in [7, 11) is 0. The van der Waals surface area contributed by atoms with Crippen molar-refractivity contribution in [2.24, 2.45) is 0 Å². The van der Waals surface area contributed by atoms with E-state index in [4.69, 9.17) is 10.5 Å². The van der Waals surface area contributed by atoms with Gasteiger partial charge < -0.3 is 15.4 Å². The lowest BCUT2D eigenvalue weighted by atomic mass is 10.3. The predicted octanol–water partition coefficient (Wildman–Crippen LogP) is 2.05. The van der Waals surface area contributed by atoms with E-state index in [2.05, 4.69) is 0 Å². The second kappa shape index (κ2) is 6.28. The average molecular weight is 248 g/mol. The fraction of sp³-hybridized carbons (Fsp3) is 0.500. The zero-order valence-electron chi connectivity index (χ0n) is 10.6. The van der Waals surface area contributed by atoms with E-state index in [-0.39, 0.29) is 5.91 Å². The molecule has 0 atom stereocenters. The van der Waals surface area contributed by atoms with Crippen LogP contribution in [0.2, 0.25) is 0 Å². The molecule has 18 heavy (non-hydrogen) atoms. The van der Waals surface area contributed by atoms with Crippen molar-refractivity contribution in [1.82, 2.24) is 4.90 Å². The Morgan fingerprint density at radius 2 is 2.00 bits per heavy atom. The number of para-hydroxylation sites is 2. The van der Waals surface area contributed by atoms with Gasteiger partial charge in [-0.2, -0.15) is 0 Å². The molecule has 0 aromatic heterocycles. The highest BCUT2D eigenvalue weighted by molar-refractivity contribution is 5.76. The molecule has 1 heterocycles. The van der Waals surface area contributed by atoms with E-state index in [0.717, 1.165) is 32.4 Å². The maximum Gasteiger partial charge on any atom is 0.222 e. The van der Waals surface area contributed by atoms with Gasteiger partial charge in [0.15, 0.2) is 0 Å². The maximum absolute atomic E-state index is 11.8. The quantitative estimate of drug-likeness (QED) is 0.641. The van der Waals surface area contributed by atoms with Crippen LogP contribution in [0.25, 0.3) is 0 Å². The first-order chi connectivity index (χ1) is 8.77. The number of hydrogen-bond donors (Lipinski definition) is 1. The van der Waals surface area contributed by atoms with Crippen molar-refractivity contribution in [3.8, 4) is 5.75 Å². The minimum absolute atomic E-state index is 0.247. The van der Waals surface area contributed by atoms with Crippen molar-refractivity contribution < 1.29 is 9.53 Å². The van der Waals surface area contributed by atoms with Gasteiger partial charge in [0.05, 0.1) is 12.3 Å². The summed E-state index contributed by atoms with van der Waals surface area (Å²) in [6.45, 7) is 2.38. The topological polar surface area (TPSA) is 55.6 Å². The van der Waals surface area contributed by atoms with Crippen LogP contribution >= 0.6 is 0 Å². The number of hydrogen-bond acceptors (Lipinski definition) is 3. The van der Waals surface area contributed by atoms with E-state index >= 15 is 0 Å². The number of nitrogens with zero attached hydrogens (tertiary/aromatic N) is 1. The molecule has 1 amide bonds. The van der Waals surface area contributed by atoms with Crippen LogP contribution in [0.1, 0.15) is 25.7 Å². The number of likely N-dealkylation sites (tertiary alicyclic amines) is 1. The van der Waals surface area contributed by atoms with Crippen LogP contribution in [0, 0.1) is 0 Å². The first-order valence-electron chi connectivity index (χ1n) is 6.52. The lowest BCUT2D eigenvalue weighted by Gasteiger charge is -2.15. The monoisotopic (exact) mass is 248 g/mol. The summed E-state index contributed by atoms with van der Waals surface area (Å²) in [5.41, 5.74) is 6.40. The Bertz CT molecular complexity index is 401. The lowest BCUT2D eigenvalue weighted by molar-refractivity contribution is -0.130. The minimum atomic E-state index is 0.247. The molecule has 1 aliphatic rings. The summed E-state index contributed by atoms with van der Waals surface area (Å²) in [6.07, 6.45) is 3.59. The SMILES string of the molecule is Nc1ccccc1OCCCC(=O)N1CCCC1. The summed E-state index contributed by atoms with van der Waals surface area (Å²) in [5.74, 6) is 0.947. The fourth-order valence-electron chi connectivity index (χ4n) is 2.14. The van der Waals surface area contributed by atoms with E-state index in [1.165, 1.54) is 0 Å². The summed E-state index contributed by atoms with van der Waals surface area (Å²) < 4.78 is 5.55. The Balaban J connectivity index is 1.67. The molecular formula is C14H20N2O2. The number of carbonyl (C=O) groups is 1. The molecule has 1 fully saturated rings. The van der Waals surface area contributed by atoms with Gasteiger partial charge in [-0.1, -0.05) is 12.1 Å². The molecule has 0 saturated carbocycles. The maximum atomic E-state index is 11.8. The van der Waals surface area contributed by atoms with Crippen LogP contribution in [-0.4, -0.2) is 30.5 Å². The number of carbonyl (C=O) groups excluding carboxylic acids is 1. The van der Waals surface area contributed by atoms with Crippen molar-refractivity contribution in [1.29, 1.82) is 0 Å². The first kappa shape index (κ1) is 12.7. The van der Waals surface area contributed by atoms with Gasteiger partial charge in [-0.3, -0.25) is 4.79 Å². The third kappa shape index (κ3) is 3.39. The number of nitrogen functional groups attached to an aromatic ring is 1. The zero-order valence-corrected chi connectivity index (χ0v) is 10.6. The van der Waals surface area contributed by atoms with Crippen molar-refractivity contribution in [3.63, 3.8) is 0 Å². The summed E-state index contributed by atoms with van der Waals surface area (Å²) in [5, 5.41) is 0. The number of amides is 1. The van der Waals surface area contributed by atoms with Gasteiger partial charge >= 0.3 is 0 Å². The fourth-order valence-corrected chi connectivity index (χ4v) is 2.14. The van der Waals surface area contributed by atoms with Crippen molar-refractivity contribution >= 4 is 11.6 Å². The van der Waals surface area contributed by atoms with Gasteiger partial charge in [0.2, 0.25) is 5.91 Å². The van der Waals surface area contributed by atoms with E-state index in [1.807, 2.05) is 29.2 Å². The Morgan fingerprint density at radius 1 is 1.28 bits per heavy atom. The van der Waals surface area contributed by atoms with Crippen LogP contribution in [0.15, 0.2) is 24.3 Å². The number of rotatable bonds is 5. The van der Waals surface area contributed by atoms with Gasteiger partial charge in [-0.15, -0.1) is 0 Å². The van der Waals surface area contributed by atoms with E-state index < -0.39 is 0 Å². The van der Waals surface area contributed by atoms with Crippen LogP contribution in [0.3, 0.4) is 0 Å². The molecule has 2 rings (SSSR count). The van der Waals surface area contributed by atoms with E-state index in [9.17, 15) is 4.79 Å². The number of ether oxygens (including phenoxy) is 1. The van der Waals surface area contributed by atoms with Gasteiger partial charge in [0, 0.05) is 19.5 Å². The van der Waals surface area contributed by atoms with Crippen LogP contribution in [0.5, 0.6) is 5.75 Å². The lowest BCUT2D eigenvalue weighted by Crippen LogP contribution is -2.27. The standard InChI is InChI=1S/C14H20N2O2/c15-12-6-1-2-7-13(12)18-11-5-8-14(17)16-9-3-4-10-16/h1-2,6-7H,3-5,8-11,15H2. The Kier molecular flexibility index (Phi) is 4.45. The third-order valence-corrected chi connectivity index (χ3v) is 3.17. The largest absolute Gasteiger partial charge is 0.491 e. The van der Waals surface area contributed by atoms with E-state index in [1.54, 1.807) is 0 Å². The summed E-state index contributed by atoms with van der Waals surface area (Å²) >= 11 is 0. The van der Waals surface area contributed by atoms with E-state index in [0.29, 0.717) is 24.5 Å². The summed E-state index contributed by atoms with van der Waals surface area (Å²) in [6, 6.07) is 7.42. The normalized spacial score (nSPS) is 14.8. The molecule has 2 N–H and O–H groups in total. The van der Waals surface area contributed by atoms with Crippen molar-refractivity contribution in [3.05, 3.63) is 24.3 Å². The van der Waals surface area contributed by atoms with Crippen molar-refractivity contribution in [2.75, 3.05) is 25.4 Å².